The smallest absolute Gasteiger partial charge is 0.264 e. The number of aliphatic hydroxyl groups excluding tert-OH is 1. The van der Waals surface area contributed by atoms with Crippen LogP contribution in [-0.2, 0) is 11.2 Å². The second-order valence-corrected chi connectivity index (χ2v) is 5.43. The van der Waals surface area contributed by atoms with E-state index in [1.807, 2.05) is 6.92 Å². The molecule has 1 N–H and O–H groups in total. The van der Waals surface area contributed by atoms with Gasteiger partial charge in [-0.25, -0.2) is 8.78 Å². The number of halogens is 2. The predicted octanol–water partition coefficient (Wildman–Crippen LogP) is 2.90. The van der Waals surface area contributed by atoms with Crippen LogP contribution in [0.2, 0.25) is 0 Å². The molecule has 0 spiro atoms. The second-order valence-electron chi connectivity index (χ2n) is 5.43. The van der Waals surface area contributed by atoms with Crippen LogP contribution in [0.3, 0.4) is 0 Å². The quantitative estimate of drug-likeness (QED) is 0.839. The number of alkyl halides is 2. The molecule has 0 saturated heterocycles. The average Bonchev–Trinajstić information content (AvgIpc) is 2.93. The van der Waals surface area contributed by atoms with E-state index in [0.29, 0.717) is 18.3 Å². The molecule has 1 fully saturated rings. The van der Waals surface area contributed by atoms with Crippen molar-refractivity contribution in [3.05, 3.63) is 11.7 Å². The zero-order valence-electron chi connectivity index (χ0n) is 12.2. The Kier molecular flexibility index (Phi) is 6.05. The Morgan fingerprint density at radius 1 is 1.33 bits per heavy atom. The van der Waals surface area contributed by atoms with E-state index in [0.717, 1.165) is 25.7 Å². The maximum absolute atomic E-state index is 12.3. The molecule has 0 amide bonds. The fourth-order valence-corrected chi connectivity index (χ4v) is 2.77. The van der Waals surface area contributed by atoms with Gasteiger partial charge in [-0.3, -0.25) is 0 Å². The van der Waals surface area contributed by atoms with Crippen LogP contribution in [0, 0.1) is 5.92 Å². The molecule has 2 rings (SSSR count). The van der Waals surface area contributed by atoms with Gasteiger partial charge in [0.2, 0.25) is 11.7 Å². The van der Waals surface area contributed by atoms with E-state index in [1.54, 1.807) is 0 Å². The van der Waals surface area contributed by atoms with Crippen LogP contribution in [0.4, 0.5) is 8.78 Å². The van der Waals surface area contributed by atoms with Gasteiger partial charge in [0.05, 0.1) is 6.42 Å². The Morgan fingerprint density at radius 3 is 2.67 bits per heavy atom. The molecule has 5 nitrogen and oxygen atoms in total. The van der Waals surface area contributed by atoms with Gasteiger partial charge >= 0.3 is 0 Å². The van der Waals surface area contributed by atoms with Gasteiger partial charge in [-0.2, -0.15) is 4.98 Å². The molecule has 0 aliphatic heterocycles. The first-order valence-electron chi connectivity index (χ1n) is 7.52. The summed E-state index contributed by atoms with van der Waals surface area (Å²) in [6, 6.07) is 0. The highest BCUT2D eigenvalue weighted by atomic mass is 19.3. The van der Waals surface area contributed by atoms with Gasteiger partial charge in [0, 0.05) is 6.61 Å². The predicted molar refractivity (Wildman–Crippen MR) is 71.0 cm³/mol. The SMILES string of the molecule is CCOC(c1noc(CC(O)C(F)F)n1)C1CCCCC1. The minimum atomic E-state index is -2.82. The van der Waals surface area contributed by atoms with Gasteiger partial charge < -0.3 is 14.4 Å². The third kappa shape index (κ3) is 4.44. The minimum Gasteiger partial charge on any atom is -0.387 e. The lowest BCUT2D eigenvalue weighted by molar-refractivity contribution is -0.00755. The highest BCUT2D eigenvalue weighted by Crippen LogP contribution is 2.35. The highest BCUT2D eigenvalue weighted by Gasteiger charge is 2.30. The van der Waals surface area contributed by atoms with E-state index in [2.05, 4.69) is 10.1 Å². The molecule has 1 saturated carbocycles. The molecule has 0 bridgehead atoms. The van der Waals surface area contributed by atoms with Crippen molar-refractivity contribution < 1.29 is 23.1 Å². The zero-order valence-corrected chi connectivity index (χ0v) is 12.2. The molecular formula is C14H22F2N2O3. The van der Waals surface area contributed by atoms with Crippen LogP contribution in [0.5, 0.6) is 0 Å². The third-order valence-electron chi connectivity index (χ3n) is 3.84. The third-order valence-corrected chi connectivity index (χ3v) is 3.84. The normalized spacial score (nSPS) is 19.9. The van der Waals surface area contributed by atoms with Gasteiger partial charge in [-0.1, -0.05) is 24.4 Å². The molecule has 0 radical (unpaired) electrons. The van der Waals surface area contributed by atoms with Crippen LogP contribution >= 0.6 is 0 Å². The fourth-order valence-electron chi connectivity index (χ4n) is 2.77. The van der Waals surface area contributed by atoms with E-state index in [4.69, 9.17) is 9.26 Å². The van der Waals surface area contributed by atoms with E-state index >= 15 is 0 Å². The lowest BCUT2D eigenvalue weighted by Crippen LogP contribution is -2.21. The van der Waals surface area contributed by atoms with Crippen LogP contribution < -0.4 is 0 Å². The molecule has 1 aromatic heterocycles. The standard InChI is InChI=1S/C14H22F2N2O3/c1-2-20-12(9-6-4-3-5-7-9)14-17-11(21-18-14)8-10(19)13(15)16/h9-10,12-13,19H,2-8H2,1H3. The Morgan fingerprint density at radius 2 is 2.05 bits per heavy atom. The second kappa shape index (κ2) is 7.79. The monoisotopic (exact) mass is 304 g/mol. The van der Waals surface area contributed by atoms with Crippen molar-refractivity contribution in [1.29, 1.82) is 0 Å². The molecule has 0 aromatic carbocycles. The first kappa shape index (κ1) is 16.3. The largest absolute Gasteiger partial charge is 0.387 e. The summed E-state index contributed by atoms with van der Waals surface area (Å²) < 4.78 is 35.4. The van der Waals surface area contributed by atoms with Gasteiger partial charge in [0.1, 0.15) is 12.2 Å². The Bertz CT molecular complexity index is 422. The van der Waals surface area contributed by atoms with Gasteiger partial charge in [-0.05, 0) is 25.7 Å². The average molecular weight is 304 g/mol. The van der Waals surface area contributed by atoms with Crippen molar-refractivity contribution in [3.63, 3.8) is 0 Å². The molecule has 1 aliphatic rings. The lowest BCUT2D eigenvalue weighted by atomic mass is 9.85. The van der Waals surface area contributed by atoms with Crippen molar-refractivity contribution >= 4 is 0 Å². The Hall–Kier alpha value is -1.08. The molecule has 120 valence electrons. The molecule has 2 atom stereocenters. The fraction of sp³-hybridized carbons (Fsp3) is 0.857. The Labute approximate surface area is 122 Å². The number of ether oxygens (including phenoxy) is 1. The molecule has 1 heterocycles. The summed E-state index contributed by atoms with van der Waals surface area (Å²) in [5, 5.41) is 13.0. The van der Waals surface area contributed by atoms with Crippen molar-refractivity contribution in [2.45, 2.75) is 64.1 Å². The number of rotatable bonds is 7. The van der Waals surface area contributed by atoms with Gasteiger partial charge in [0.15, 0.2) is 0 Å². The number of nitrogens with zero attached hydrogens (tertiary/aromatic N) is 2. The first-order chi connectivity index (χ1) is 10.1. The number of hydrogen-bond donors (Lipinski definition) is 1. The van der Waals surface area contributed by atoms with E-state index in [1.165, 1.54) is 6.42 Å². The van der Waals surface area contributed by atoms with E-state index in [9.17, 15) is 13.9 Å². The zero-order chi connectivity index (χ0) is 15.2. The number of aliphatic hydroxyl groups is 1. The summed E-state index contributed by atoms with van der Waals surface area (Å²) in [4.78, 5) is 4.13. The van der Waals surface area contributed by atoms with Crippen molar-refractivity contribution in [2.24, 2.45) is 5.92 Å². The maximum atomic E-state index is 12.3. The van der Waals surface area contributed by atoms with Crippen LogP contribution in [0.15, 0.2) is 4.52 Å². The van der Waals surface area contributed by atoms with Crippen LogP contribution in [0.25, 0.3) is 0 Å². The summed E-state index contributed by atoms with van der Waals surface area (Å²) in [7, 11) is 0. The van der Waals surface area contributed by atoms with Crippen molar-refractivity contribution in [3.8, 4) is 0 Å². The van der Waals surface area contributed by atoms with E-state index < -0.39 is 12.5 Å². The molecule has 1 aliphatic carbocycles. The topological polar surface area (TPSA) is 68.4 Å². The van der Waals surface area contributed by atoms with Crippen molar-refractivity contribution in [1.82, 2.24) is 10.1 Å². The summed E-state index contributed by atoms with van der Waals surface area (Å²) in [5.41, 5.74) is 0. The number of hydrogen-bond acceptors (Lipinski definition) is 5. The number of aromatic nitrogens is 2. The molecular weight excluding hydrogens is 282 g/mol. The summed E-state index contributed by atoms with van der Waals surface area (Å²) >= 11 is 0. The summed E-state index contributed by atoms with van der Waals surface area (Å²) in [6.07, 6.45) is 0.451. The summed E-state index contributed by atoms with van der Waals surface area (Å²) in [6.45, 7) is 2.43. The molecule has 7 heteroatoms. The minimum absolute atomic E-state index is 0.0262. The molecule has 21 heavy (non-hydrogen) atoms. The van der Waals surface area contributed by atoms with E-state index in [-0.39, 0.29) is 18.4 Å². The van der Waals surface area contributed by atoms with Gasteiger partial charge in [0.25, 0.3) is 6.43 Å². The van der Waals surface area contributed by atoms with Crippen LogP contribution in [0.1, 0.15) is 56.8 Å². The lowest BCUT2D eigenvalue weighted by Gasteiger charge is -2.27. The molecule has 1 aromatic rings. The van der Waals surface area contributed by atoms with Crippen LogP contribution in [-0.4, -0.2) is 34.4 Å². The van der Waals surface area contributed by atoms with Gasteiger partial charge in [-0.15, -0.1) is 0 Å². The Balaban J connectivity index is 2.04. The maximum Gasteiger partial charge on any atom is 0.264 e. The summed E-state index contributed by atoms with van der Waals surface area (Å²) in [5.74, 6) is 0.766. The first-order valence-corrected chi connectivity index (χ1v) is 7.52. The molecule has 2 unspecified atom stereocenters. The highest BCUT2D eigenvalue weighted by molar-refractivity contribution is 4.96. The van der Waals surface area contributed by atoms with Crippen molar-refractivity contribution in [2.75, 3.05) is 6.61 Å².